The van der Waals surface area contributed by atoms with Gasteiger partial charge in [-0.05, 0) is 56.0 Å². The van der Waals surface area contributed by atoms with E-state index in [1.54, 1.807) is 24.1 Å². The number of rotatable bonds is 9. The molecule has 0 aliphatic heterocycles. The molecule has 0 saturated heterocycles. The third-order valence-electron chi connectivity index (χ3n) is 5.24. The number of ether oxygens (including phenoxy) is 3. The summed E-state index contributed by atoms with van der Waals surface area (Å²) in [7, 11) is 1.58. The number of aromatic nitrogens is 3. The zero-order valence-corrected chi connectivity index (χ0v) is 17.8. The fraction of sp³-hybridized carbons (Fsp3) is 0.348. The molecule has 1 aliphatic rings. The van der Waals surface area contributed by atoms with Crippen LogP contribution in [-0.2, 0) is 0 Å². The highest BCUT2D eigenvalue weighted by Crippen LogP contribution is 2.31. The molecular weight excluding hydrogens is 412 g/mol. The van der Waals surface area contributed by atoms with Crippen molar-refractivity contribution in [3.05, 3.63) is 48.7 Å². The molecule has 0 radical (unpaired) electrons. The summed E-state index contributed by atoms with van der Waals surface area (Å²) in [5.74, 6) is 1.74. The molecule has 0 bridgehead atoms. The molecule has 1 aliphatic carbocycles. The lowest BCUT2D eigenvalue weighted by Gasteiger charge is -2.10. The Morgan fingerprint density at radius 2 is 1.94 bits per heavy atom. The standard InChI is InChI=1S/C23H26N4O5/c1-30-21-11-8-17(15-25-21)27-20(14-22(26-27)32-19-4-2-3-5-19)16-6-9-18(10-7-16)31-13-12-24-23(28)29/h6-11,14-15,19,24H,2-5,12-13H2,1H3,(H,28,29)/p-1. The SMILES string of the molecule is COc1ccc(-n2nc(OC3CCCC3)cc2-c2ccc(OCCNC(=O)[O-])cc2)cn1. The predicted molar refractivity (Wildman–Crippen MR) is 115 cm³/mol. The Balaban J connectivity index is 1.56. The van der Waals surface area contributed by atoms with Crippen LogP contribution < -0.4 is 24.6 Å². The molecule has 168 valence electrons. The van der Waals surface area contributed by atoms with E-state index in [-0.39, 0.29) is 19.3 Å². The highest BCUT2D eigenvalue weighted by molar-refractivity contribution is 5.64. The minimum atomic E-state index is -1.32. The van der Waals surface area contributed by atoms with Crippen molar-refractivity contribution in [1.82, 2.24) is 20.1 Å². The highest BCUT2D eigenvalue weighted by Gasteiger charge is 2.20. The average Bonchev–Trinajstić information content (AvgIpc) is 3.47. The number of carboxylic acid groups (broad SMARTS) is 1. The number of methoxy groups -OCH3 is 1. The van der Waals surface area contributed by atoms with Crippen molar-refractivity contribution in [3.8, 4) is 34.5 Å². The summed E-state index contributed by atoms with van der Waals surface area (Å²) >= 11 is 0. The van der Waals surface area contributed by atoms with Crippen LogP contribution >= 0.6 is 0 Å². The van der Waals surface area contributed by atoms with E-state index in [0.29, 0.717) is 17.5 Å². The molecule has 0 spiro atoms. The first kappa shape index (κ1) is 21.5. The maximum absolute atomic E-state index is 10.4. The van der Waals surface area contributed by atoms with E-state index < -0.39 is 6.09 Å². The minimum Gasteiger partial charge on any atom is -0.530 e. The maximum Gasteiger partial charge on any atom is 0.234 e. The topological polar surface area (TPSA) is 111 Å². The first-order valence-electron chi connectivity index (χ1n) is 10.6. The number of carbonyl (C=O) groups excluding carboxylic acids is 1. The molecule has 2 aromatic heterocycles. The second-order valence-corrected chi connectivity index (χ2v) is 7.45. The largest absolute Gasteiger partial charge is 0.530 e. The predicted octanol–water partition coefficient (Wildman–Crippen LogP) is 2.58. The van der Waals surface area contributed by atoms with E-state index in [1.807, 2.05) is 36.4 Å². The summed E-state index contributed by atoms with van der Waals surface area (Å²) in [5, 5.41) is 17.2. The van der Waals surface area contributed by atoms with Crippen molar-refractivity contribution >= 4 is 6.09 Å². The second-order valence-electron chi connectivity index (χ2n) is 7.45. The Labute approximate surface area is 185 Å². The first-order chi connectivity index (χ1) is 15.6. The second kappa shape index (κ2) is 10.0. The summed E-state index contributed by atoms with van der Waals surface area (Å²) in [6.45, 7) is 0.366. The third-order valence-corrected chi connectivity index (χ3v) is 5.24. The summed E-state index contributed by atoms with van der Waals surface area (Å²) in [6, 6.07) is 13.1. The summed E-state index contributed by atoms with van der Waals surface area (Å²) < 4.78 is 18.7. The first-order valence-corrected chi connectivity index (χ1v) is 10.6. The molecule has 0 atom stereocenters. The van der Waals surface area contributed by atoms with Crippen LogP contribution in [0.5, 0.6) is 17.5 Å². The van der Waals surface area contributed by atoms with Crippen LogP contribution in [0.2, 0.25) is 0 Å². The smallest absolute Gasteiger partial charge is 0.234 e. The van der Waals surface area contributed by atoms with Gasteiger partial charge in [0.05, 0.1) is 31.2 Å². The van der Waals surface area contributed by atoms with Gasteiger partial charge in [0.15, 0.2) is 0 Å². The molecule has 4 rings (SSSR count). The van der Waals surface area contributed by atoms with E-state index in [2.05, 4.69) is 15.4 Å². The van der Waals surface area contributed by atoms with Crippen LogP contribution in [-0.4, -0.2) is 47.2 Å². The number of nitrogens with zero attached hydrogens (tertiary/aromatic N) is 3. The van der Waals surface area contributed by atoms with Crippen molar-refractivity contribution < 1.29 is 24.1 Å². The number of nitrogens with one attached hydrogen (secondary N) is 1. The number of amides is 1. The van der Waals surface area contributed by atoms with E-state index >= 15 is 0 Å². The van der Waals surface area contributed by atoms with E-state index in [0.717, 1.165) is 29.8 Å². The molecule has 1 aromatic carbocycles. The van der Waals surface area contributed by atoms with Crippen LogP contribution in [0.1, 0.15) is 25.7 Å². The normalized spacial score (nSPS) is 13.7. The quantitative estimate of drug-likeness (QED) is 0.512. The van der Waals surface area contributed by atoms with Gasteiger partial charge < -0.3 is 29.4 Å². The number of hydrogen-bond donors (Lipinski definition) is 1. The lowest BCUT2D eigenvalue weighted by molar-refractivity contribution is -0.250. The molecule has 32 heavy (non-hydrogen) atoms. The minimum absolute atomic E-state index is 0.156. The van der Waals surface area contributed by atoms with Crippen molar-refractivity contribution in [2.75, 3.05) is 20.3 Å². The Morgan fingerprint density at radius 1 is 1.16 bits per heavy atom. The fourth-order valence-corrected chi connectivity index (χ4v) is 3.66. The van der Waals surface area contributed by atoms with E-state index in [4.69, 9.17) is 14.2 Å². The van der Waals surface area contributed by atoms with Gasteiger partial charge in [0.2, 0.25) is 11.8 Å². The molecule has 9 nitrogen and oxygen atoms in total. The Hall–Kier alpha value is -3.75. The average molecular weight is 437 g/mol. The molecule has 9 heteroatoms. The number of pyridine rings is 1. The van der Waals surface area contributed by atoms with Crippen LogP contribution in [0.25, 0.3) is 16.9 Å². The molecule has 1 fully saturated rings. The molecule has 2 heterocycles. The Morgan fingerprint density at radius 3 is 2.59 bits per heavy atom. The van der Waals surface area contributed by atoms with Crippen molar-refractivity contribution in [3.63, 3.8) is 0 Å². The zero-order valence-electron chi connectivity index (χ0n) is 17.8. The molecule has 3 aromatic rings. The summed E-state index contributed by atoms with van der Waals surface area (Å²) in [5.41, 5.74) is 2.57. The number of carbonyl (C=O) groups is 1. The van der Waals surface area contributed by atoms with Crippen LogP contribution in [0.4, 0.5) is 4.79 Å². The van der Waals surface area contributed by atoms with Crippen molar-refractivity contribution in [2.45, 2.75) is 31.8 Å². The van der Waals surface area contributed by atoms with Crippen LogP contribution in [0, 0.1) is 0 Å². The monoisotopic (exact) mass is 437 g/mol. The zero-order chi connectivity index (χ0) is 22.3. The van der Waals surface area contributed by atoms with Gasteiger partial charge in [-0.15, -0.1) is 5.10 Å². The molecule has 0 unspecified atom stereocenters. The number of hydrogen-bond acceptors (Lipinski definition) is 7. The lowest BCUT2D eigenvalue weighted by atomic mass is 10.1. The van der Waals surface area contributed by atoms with Gasteiger partial charge in [0.25, 0.3) is 0 Å². The van der Waals surface area contributed by atoms with Crippen LogP contribution in [0.3, 0.4) is 0 Å². The summed E-state index contributed by atoms with van der Waals surface area (Å²) in [4.78, 5) is 14.7. The van der Waals surface area contributed by atoms with Gasteiger partial charge in [-0.3, -0.25) is 0 Å². The van der Waals surface area contributed by atoms with Gasteiger partial charge in [-0.1, -0.05) is 0 Å². The molecule has 1 amide bonds. The van der Waals surface area contributed by atoms with E-state index in [1.165, 1.54) is 12.8 Å². The summed E-state index contributed by atoms with van der Waals surface area (Å²) in [6.07, 6.45) is 5.04. The van der Waals surface area contributed by atoms with E-state index in [9.17, 15) is 9.90 Å². The van der Waals surface area contributed by atoms with Gasteiger partial charge in [0, 0.05) is 17.7 Å². The molecule has 1 N–H and O–H groups in total. The fourth-order valence-electron chi connectivity index (χ4n) is 3.66. The maximum atomic E-state index is 10.4. The van der Waals surface area contributed by atoms with Crippen molar-refractivity contribution in [2.24, 2.45) is 0 Å². The Bertz CT molecular complexity index is 1030. The lowest BCUT2D eigenvalue weighted by Crippen LogP contribution is -2.38. The van der Waals surface area contributed by atoms with Gasteiger partial charge in [-0.2, -0.15) is 0 Å². The highest BCUT2D eigenvalue weighted by atomic mass is 16.5. The third kappa shape index (κ3) is 5.29. The number of benzene rings is 1. The van der Waals surface area contributed by atoms with Crippen molar-refractivity contribution in [1.29, 1.82) is 0 Å². The molecule has 1 saturated carbocycles. The molecular formula is C23H25N4O5-. The van der Waals surface area contributed by atoms with Gasteiger partial charge in [-0.25, -0.2) is 9.67 Å². The van der Waals surface area contributed by atoms with Gasteiger partial charge in [0.1, 0.15) is 24.6 Å². The van der Waals surface area contributed by atoms with Crippen LogP contribution in [0.15, 0.2) is 48.7 Å². The Kier molecular flexibility index (Phi) is 6.74. The van der Waals surface area contributed by atoms with Gasteiger partial charge >= 0.3 is 0 Å².